The largest absolute Gasteiger partial charge is 0.383 e. The summed E-state index contributed by atoms with van der Waals surface area (Å²) in [5, 5.41) is 3.47. The van der Waals surface area contributed by atoms with Crippen LogP contribution >= 0.6 is 0 Å². The molecule has 0 heterocycles. The molecule has 0 aromatic rings. The van der Waals surface area contributed by atoms with Crippen molar-refractivity contribution in [1.29, 1.82) is 0 Å². The van der Waals surface area contributed by atoms with Crippen LogP contribution in [0.5, 0.6) is 0 Å². The minimum Gasteiger partial charge on any atom is -0.383 e. The fourth-order valence-electron chi connectivity index (χ4n) is 1.66. The number of rotatable bonds is 8. The molecule has 0 spiro atoms. The number of hydrogen-bond donors (Lipinski definition) is 1. The van der Waals surface area contributed by atoms with Crippen LogP contribution in [0.2, 0.25) is 0 Å². The summed E-state index contributed by atoms with van der Waals surface area (Å²) >= 11 is 0. The minimum absolute atomic E-state index is 0.443. The van der Waals surface area contributed by atoms with Crippen LogP contribution in [0.25, 0.3) is 0 Å². The van der Waals surface area contributed by atoms with Crippen molar-refractivity contribution in [2.75, 3.05) is 33.4 Å². The van der Waals surface area contributed by atoms with Crippen LogP contribution in [-0.2, 0) is 4.74 Å². The Labute approximate surface area is 88.8 Å². The Morgan fingerprint density at radius 2 is 1.79 bits per heavy atom. The van der Waals surface area contributed by atoms with Crippen LogP contribution in [0.4, 0.5) is 0 Å². The molecule has 0 aliphatic heterocycles. The lowest BCUT2D eigenvalue weighted by Crippen LogP contribution is -2.43. The lowest BCUT2D eigenvalue weighted by molar-refractivity contribution is 0.162. The Morgan fingerprint density at radius 1 is 1.21 bits per heavy atom. The van der Waals surface area contributed by atoms with Crippen LogP contribution in [-0.4, -0.2) is 50.3 Å². The molecule has 0 saturated carbocycles. The van der Waals surface area contributed by atoms with Gasteiger partial charge in [0.15, 0.2) is 0 Å². The monoisotopic (exact) mass is 202 g/mol. The SMILES string of the molecule is CCN(CC)C(C)CNC(C)COC. The highest BCUT2D eigenvalue weighted by Gasteiger charge is 2.10. The molecule has 0 aromatic heterocycles. The third kappa shape index (κ3) is 5.58. The topological polar surface area (TPSA) is 24.5 Å². The van der Waals surface area contributed by atoms with Crippen molar-refractivity contribution in [3.8, 4) is 0 Å². The second-order valence-electron chi connectivity index (χ2n) is 3.83. The van der Waals surface area contributed by atoms with Crippen molar-refractivity contribution in [3.63, 3.8) is 0 Å². The summed E-state index contributed by atoms with van der Waals surface area (Å²) in [7, 11) is 1.74. The number of methoxy groups -OCH3 is 1. The molecule has 3 nitrogen and oxygen atoms in total. The first-order valence-corrected chi connectivity index (χ1v) is 5.62. The Hall–Kier alpha value is -0.120. The van der Waals surface area contributed by atoms with Crippen molar-refractivity contribution in [2.24, 2.45) is 0 Å². The number of nitrogens with zero attached hydrogens (tertiary/aromatic N) is 1. The number of ether oxygens (including phenoxy) is 1. The van der Waals surface area contributed by atoms with Crippen molar-refractivity contribution < 1.29 is 4.74 Å². The van der Waals surface area contributed by atoms with Gasteiger partial charge in [-0.3, -0.25) is 4.90 Å². The van der Waals surface area contributed by atoms with Gasteiger partial charge in [0.2, 0.25) is 0 Å². The summed E-state index contributed by atoms with van der Waals surface area (Å²) in [6.45, 7) is 12.9. The molecule has 0 aromatic carbocycles. The highest BCUT2D eigenvalue weighted by Crippen LogP contribution is 1.97. The smallest absolute Gasteiger partial charge is 0.0613 e. The van der Waals surface area contributed by atoms with Gasteiger partial charge in [-0.05, 0) is 26.9 Å². The summed E-state index contributed by atoms with van der Waals surface area (Å²) in [5.74, 6) is 0. The maximum atomic E-state index is 5.07. The van der Waals surface area contributed by atoms with Crippen molar-refractivity contribution >= 4 is 0 Å². The van der Waals surface area contributed by atoms with Gasteiger partial charge >= 0.3 is 0 Å². The van der Waals surface area contributed by atoms with Gasteiger partial charge in [0.1, 0.15) is 0 Å². The van der Waals surface area contributed by atoms with Crippen LogP contribution in [0.15, 0.2) is 0 Å². The Kier molecular flexibility index (Phi) is 8.14. The summed E-state index contributed by atoms with van der Waals surface area (Å²) in [5.41, 5.74) is 0. The molecular weight excluding hydrogens is 176 g/mol. The van der Waals surface area contributed by atoms with E-state index in [1.807, 2.05) is 0 Å². The number of nitrogens with one attached hydrogen (secondary N) is 1. The van der Waals surface area contributed by atoms with Gasteiger partial charge in [-0.1, -0.05) is 13.8 Å². The summed E-state index contributed by atoms with van der Waals surface area (Å²) < 4.78 is 5.07. The minimum atomic E-state index is 0.443. The van der Waals surface area contributed by atoms with Crippen LogP contribution < -0.4 is 5.32 Å². The molecular formula is C11H26N2O. The molecule has 0 bridgehead atoms. The lowest BCUT2D eigenvalue weighted by Gasteiger charge is -2.27. The molecule has 0 rings (SSSR count). The maximum absolute atomic E-state index is 5.07. The van der Waals surface area contributed by atoms with Crippen molar-refractivity contribution in [2.45, 2.75) is 39.8 Å². The van der Waals surface area contributed by atoms with E-state index < -0.39 is 0 Å². The quantitative estimate of drug-likeness (QED) is 0.643. The first kappa shape index (κ1) is 13.9. The molecule has 14 heavy (non-hydrogen) atoms. The first-order valence-electron chi connectivity index (χ1n) is 5.62. The van der Waals surface area contributed by atoms with E-state index >= 15 is 0 Å². The zero-order valence-electron chi connectivity index (χ0n) is 10.3. The number of hydrogen-bond acceptors (Lipinski definition) is 3. The zero-order valence-corrected chi connectivity index (χ0v) is 10.3. The van der Waals surface area contributed by atoms with E-state index in [0.29, 0.717) is 12.1 Å². The first-order chi connectivity index (χ1) is 6.65. The van der Waals surface area contributed by atoms with Crippen LogP contribution in [0.1, 0.15) is 27.7 Å². The third-order valence-electron chi connectivity index (χ3n) is 2.61. The van der Waals surface area contributed by atoms with Gasteiger partial charge in [0.25, 0.3) is 0 Å². The van der Waals surface area contributed by atoms with E-state index in [1.165, 1.54) is 0 Å². The van der Waals surface area contributed by atoms with E-state index in [2.05, 4.69) is 37.9 Å². The molecule has 86 valence electrons. The second-order valence-corrected chi connectivity index (χ2v) is 3.83. The normalized spacial score (nSPS) is 15.9. The average Bonchev–Trinajstić information content (AvgIpc) is 2.17. The molecule has 0 fully saturated rings. The lowest BCUT2D eigenvalue weighted by atomic mass is 10.2. The Bertz CT molecular complexity index is 126. The summed E-state index contributed by atoms with van der Waals surface area (Å²) in [6, 6.07) is 1.04. The highest BCUT2D eigenvalue weighted by molar-refractivity contribution is 4.69. The average molecular weight is 202 g/mol. The van der Waals surface area contributed by atoms with E-state index in [-0.39, 0.29) is 0 Å². The molecule has 0 aliphatic carbocycles. The fourth-order valence-corrected chi connectivity index (χ4v) is 1.66. The molecule has 0 aliphatic rings. The predicted molar refractivity (Wildman–Crippen MR) is 61.7 cm³/mol. The summed E-state index contributed by atoms with van der Waals surface area (Å²) in [4.78, 5) is 2.45. The number of likely N-dealkylation sites (N-methyl/N-ethyl adjacent to an activating group) is 1. The Morgan fingerprint density at radius 3 is 2.21 bits per heavy atom. The van der Waals surface area contributed by atoms with Gasteiger partial charge in [-0.2, -0.15) is 0 Å². The van der Waals surface area contributed by atoms with Gasteiger partial charge < -0.3 is 10.1 Å². The van der Waals surface area contributed by atoms with Gasteiger partial charge in [0, 0.05) is 25.7 Å². The Balaban J connectivity index is 3.65. The molecule has 0 saturated heterocycles. The molecule has 2 atom stereocenters. The second kappa shape index (κ2) is 8.21. The maximum Gasteiger partial charge on any atom is 0.0613 e. The molecule has 1 N–H and O–H groups in total. The van der Waals surface area contributed by atoms with E-state index in [4.69, 9.17) is 4.74 Å². The van der Waals surface area contributed by atoms with Gasteiger partial charge in [-0.15, -0.1) is 0 Å². The zero-order chi connectivity index (χ0) is 11.0. The van der Waals surface area contributed by atoms with Gasteiger partial charge in [0.05, 0.1) is 6.61 Å². The van der Waals surface area contributed by atoms with Crippen LogP contribution in [0.3, 0.4) is 0 Å². The van der Waals surface area contributed by atoms with Crippen LogP contribution in [0, 0.1) is 0 Å². The molecule has 0 radical (unpaired) electrons. The molecule has 3 heteroatoms. The highest BCUT2D eigenvalue weighted by atomic mass is 16.5. The fraction of sp³-hybridized carbons (Fsp3) is 1.00. The molecule has 0 amide bonds. The van der Waals surface area contributed by atoms with Crippen molar-refractivity contribution in [1.82, 2.24) is 10.2 Å². The molecule has 2 unspecified atom stereocenters. The van der Waals surface area contributed by atoms with Crippen molar-refractivity contribution in [3.05, 3.63) is 0 Å². The summed E-state index contributed by atoms with van der Waals surface area (Å²) in [6.07, 6.45) is 0. The van der Waals surface area contributed by atoms with E-state index in [9.17, 15) is 0 Å². The third-order valence-corrected chi connectivity index (χ3v) is 2.61. The predicted octanol–water partition coefficient (Wildman–Crippen LogP) is 1.34. The standard InChI is InChI=1S/C11H26N2O/c1-6-13(7-2)11(4)8-12-10(3)9-14-5/h10-12H,6-9H2,1-5H3. The van der Waals surface area contributed by atoms with E-state index in [1.54, 1.807) is 7.11 Å². The van der Waals surface area contributed by atoms with E-state index in [0.717, 1.165) is 26.2 Å². The van der Waals surface area contributed by atoms with Gasteiger partial charge in [-0.25, -0.2) is 0 Å².